The normalized spacial score (nSPS) is 11.0. The second kappa shape index (κ2) is 7.56. The lowest BCUT2D eigenvalue weighted by Gasteiger charge is -2.14. The highest BCUT2D eigenvalue weighted by molar-refractivity contribution is 7.15. The maximum Gasteiger partial charge on any atom is 0.445 e. The van der Waals surface area contributed by atoms with Crippen LogP contribution in [0.4, 0.5) is 28.8 Å². The van der Waals surface area contributed by atoms with Gasteiger partial charge in [-0.2, -0.15) is 13.2 Å². The monoisotopic (exact) mass is 390 g/mol. The summed E-state index contributed by atoms with van der Waals surface area (Å²) in [5.41, 5.74) is 0.315. The zero-order valence-corrected chi connectivity index (χ0v) is 14.5. The van der Waals surface area contributed by atoms with Gasteiger partial charge in [-0.3, -0.25) is 10.1 Å². The van der Waals surface area contributed by atoms with Crippen LogP contribution in [0.15, 0.2) is 12.1 Å². The SMILES string of the molecule is COc1cc(OC)c(C(C)=O)cc1NC(=O)Nc1nnc(C(F)(F)F)s1. The van der Waals surface area contributed by atoms with Crippen molar-refractivity contribution >= 4 is 34.0 Å². The second-order valence-corrected chi connectivity index (χ2v) is 5.78. The van der Waals surface area contributed by atoms with Gasteiger partial charge in [0.05, 0.1) is 25.5 Å². The Labute approximate surface area is 149 Å². The van der Waals surface area contributed by atoms with E-state index in [0.717, 1.165) is 0 Å². The first-order valence-corrected chi connectivity index (χ1v) is 7.73. The number of urea groups is 1. The smallest absolute Gasteiger partial charge is 0.445 e. The van der Waals surface area contributed by atoms with Crippen LogP contribution in [0.25, 0.3) is 0 Å². The highest BCUT2D eigenvalue weighted by Gasteiger charge is 2.35. The first-order valence-electron chi connectivity index (χ1n) is 6.91. The molecule has 0 unspecified atom stereocenters. The van der Waals surface area contributed by atoms with Gasteiger partial charge < -0.3 is 14.8 Å². The third-order valence-electron chi connectivity index (χ3n) is 3.04. The number of methoxy groups -OCH3 is 2. The van der Waals surface area contributed by atoms with E-state index >= 15 is 0 Å². The number of amides is 2. The van der Waals surface area contributed by atoms with Crippen molar-refractivity contribution in [2.75, 3.05) is 24.9 Å². The summed E-state index contributed by atoms with van der Waals surface area (Å²) in [6.07, 6.45) is -4.65. The van der Waals surface area contributed by atoms with Crippen LogP contribution in [-0.4, -0.2) is 36.2 Å². The van der Waals surface area contributed by atoms with E-state index in [1.165, 1.54) is 33.3 Å². The largest absolute Gasteiger partial charge is 0.496 e. The van der Waals surface area contributed by atoms with Crippen LogP contribution in [0.1, 0.15) is 22.3 Å². The zero-order chi connectivity index (χ0) is 19.5. The molecule has 0 radical (unpaired) electrons. The number of ether oxygens (including phenoxy) is 2. The molecule has 0 saturated heterocycles. The zero-order valence-electron chi connectivity index (χ0n) is 13.7. The van der Waals surface area contributed by atoms with E-state index < -0.39 is 17.2 Å². The number of alkyl halides is 3. The van der Waals surface area contributed by atoms with Crippen LogP contribution in [0, 0.1) is 0 Å². The first kappa shape index (κ1) is 19.4. The first-order chi connectivity index (χ1) is 12.2. The van der Waals surface area contributed by atoms with Crippen LogP contribution >= 0.6 is 11.3 Å². The Morgan fingerprint density at radius 3 is 2.23 bits per heavy atom. The summed E-state index contributed by atoms with van der Waals surface area (Å²) in [5, 5.41) is 9.20. The number of halogens is 3. The summed E-state index contributed by atoms with van der Waals surface area (Å²) in [4.78, 5) is 23.7. The molecule has 0 atom stereocenters. The Hall–Kier alpha value is -2.89. The molecule has 1 aromatic heterocycles. The molecule has 140 valence electrons. The summed E-state index contributed by atoms with van der Waals surface area (Å²) in [6.45, 7) is 1.31. The molecule has 1 aromatic carbocycles. The van der Waals surface area contributed by atoms with Crippen LogP contribution in [-0.2, 0) is 6.18 Å². The van der Waals surface area contributed by atoms with Crippen LogP contribution in [0.5, 0.6) is 11.5 Å². The van der Waals surface area contributed by atoms with E-state index in [-0.39, 0.29) is 45.0 Å². The Bertz CT molecular complexity index is 838. The Balaban J connectivity index is 2.21. The number of hydrogen-bond acceptors (Lipinski definition) is 7. The van der Waals surface area contributed by atoms with Gasteiger partial charge in [0.2, 0.25) is 10.1 Å². The van der Waals surface area contributed by atoms with Crippen molar-refractivity contribution < 1.29 is 32.2 Å². The van der Waals surface area contributed by atoms with E-state index in [1.54, 1.807) is 0 Å². The van der Waals surface area contributed by atoms with Crippen LogP contribution < -0.4 is 20.1 Å². The van der Waals surface area contributed by atoms with Gasteiger partial charge in [-0.1, -0.05) is 11.3 Å². The number of nitrogens with zero attached hydrogens (tertiary/aromatic N) is 2. The molecule has 0 aliphatic rings. The minimum atomic E-state index is -4.65. The van der Waals surface area contributed by atoms with Gasteiger partial charge in [-0.15, -0.1) is 10.2 Å². The third-order valence-corrected chi connectivity index (χ3v) is 3.92. The topological polar surface area (TPSA) is 102 Å². The fourth-order valence-electron chi connectivity index (χ4n) is 1.91. The summed E-state index contributed by atoms with van der Waals surface area (Å²) < 4.78 is 47.7. The van der Waals surface area contributed by atoms with Gasteiger partial charge in [-0.05, 0) is 13.0 Å². The van der Waals surface area contributed by atoms with Gasteiger partial charge in [-0.25, -0.2) is 4.79 Å². The van der Waals surface area contributed by atoms with Gasteiger partial charge >= 0.3 is 12.2 Å². The van der Waals surface area contributed by atoms with Crippen molar-refractivity contribution in [3.8, 4) is 11.5 Å². The molecule has 2 N–H and O–H groups in total. The number of nitrogens with one attached hydrogen (secondary N) is 2. The van der Waals surface area contributed by atoms with Crippen molar-refractivity contribution in [1.29, 1.82) is 0 Å². The average Bonchev–Trinajstić information content (AvgIpc) is 3.02. The van der Waals surface area contributed by atoms with Crippen LogP contribution in [0.3, 0.4) is 0 Å². The van der Waals surface area contributed by atoms with E-state index in [2.05, 4.69) is 20.8 Å². The predicted molar refractivity (Wildman–Crippen MR) is 87.1 cm³/mol. The lowest BCUT2D eigenvalue weighted by Crippen LogP contribution is -2.20. The van der Waals surface area contributed by atoms with Crippen molar-refractivity contribution in [2.24, 2.45) is 0 Å². The lowest BCUT2D eigenvalue weighted by molar-refractivity contribution is -0.138. The molecular weight excluding hydrogens is 377 g/mol. The summed E-state index contributed by atoms with van der Waals surface area (Å²) in [5.74, 6) is 0.126. The quantitative estimate of drug-likeness (QED) is 0.759. The molecule has 0 aliphatic carbocycles. The van der Waals surface area contributed by atoms with Crippen molar-refractivity contribution in [3.63, 3.8) is 0 Å². The Morgan fingerprint density at radius 1 is 1.08 bits per heavy atom. The minimum absolute atomic E-state index is 0.122. The highest BCUT2D eigenvalue weighted by Crippen LogP contribution is 2.34. The number of carbonyl (C=O) groups excluding carboxylic acids is 2. The molecule has 0 bridgehead atoms. The third kappa shape index (κ3) is 4.39. The summed E-state index contributed by atoms with van der Waals surface area (Å²) in [7, 11) is 2.71. The second-order valence-electron chi connectivity index (χ2n) is 4.80. The molecule has 0 fully saturated rings. The Kier molecular flexibility index (Phi) is 5.65. The average molecular weight is 390 g/mol. The number of aromatic nitrogens is 2. The highest BCUT2D eigenvalue weighted by atomic mass is 32.1. The Morgan fingerprint density at radius 2 is 1.73 bits per heavy atom. The molecule has 26 heavy (non-hydrogen) atoms. The number of Topliss-reactive ketones (excluding diaryl/α,β-unsaturated/α-hetero) is 1. The molecule has 2 amide bonds. The van der Waals surface area contributed by atoms with Gasteiger partial charge in [0.25, 0.3) is 0 Å². The lowest BCUT2D eigenvalue weighted by atomic mass is 10.1. The van der Waals surface area contributed by atoms with Crippen molar-refractivity contribution in [2.45, 2.75) is 13.1 Å². The predicted octanol–water partition coefficient (Wildman–Crippen LogP) is 3.42. The van der Waals surface area contributed by atoms with Gasteiger partial charge in [0.15, 0.2) is 5.78 Å². The molecule has 2 rings (SSSR count). The maximum atomic E-state index is 12.5. The van der Waals surface area contributed by atoms with Crippen LogP contribution in [0.2, 0.25) is 0 Å². The number of benzene rings is 1. The number of hydrogen-bond donors (Lipinski definition) is 2. The van der Waals surface area contributed by atoms with Crippen molar-refractivity contribution in [1.82, 2.24) is 10.2 Å². The molecule has 1 heterocycles. The molecule has 2 aromatic rings. The summed E-state index contributed by atoms with van der Waals surface area (Å²) >= 11 is 0.178. The molecule has 0 aliphatic heterocycles. The van der Waals surface area contributed by atoms with E-state index in [0.29, 0.717) is 0 Å². The molecule has 0 saturated carbocycles. The van der Waals surface area contributed by atoms with Gasteiger partial charge in [0.1, 0.15) is 11.5 Å². The van der Waals surface area contributed by atoms with Gasteiger partial charge in [0, 0.05) is 6.07 Å². The standard InChI is InChI=1S/C14H13F3N4O4S/c1-6(22)7-4-8(10(25-3)5-9(7)24-2)18-12(23)19-13-21-20-11(26-13)14(15,16)17/h4-5H,1-3H3,(H2,18,19,21,23). The van der Waals surface area contributed by atoms with E-state index in [9.17, 15) is 22.8 Å². The number of anilines is 2. The van der Waals surface area contributed by atoms with E-state index in [4.69, 9.17) is 9.47 Å². The molecule has 0 spiro atoms. The number of ketones is 1. The fraction of sp³-hybridized carbons (Fsp3) is 0.286. The number of rotatable bonds is 5. The fourth-order valence-corrected chi connectivity index (χ4v) is 2.52. The number of carbonyl (C=O) groups is 2. The minimum Gasteiger partial charge on any atom is -0.496 e. The van der Waals surface area contributed by atoms with E-state index in [1.807, 2.05) is 0 Å². The summed E-state index contributed by atoms with van der Waals surface area (Å²) in [6, 6.07) is 1.85. The maximum absolute atomic E-state index is 12.5. The molecule has 12 heteroatoms. The van der Waals surface area contributed by atoms with Crippen molar-refractivity contribution in [3.05, 3.63) is 22.7 Å². The molecule has 8 nitrogen and oxygen atoms in total. The molecular formula is C14H13F3N4O4S.